The molecule has 0 aliphatic carbocycles. The zero-order valence-corrected chi connectivity index (χ0v) is 14.0. The van der Waals surface area contributed by atoms with Crippen molar-refractivity contribution in [3.63, 3.8) is 0 Å². The van der Waals surface area contributed by atoms with Gasteiger partial charge in [-0.1, -0.05) is 30.3 Å². The Morgan fingerprint density at radius 2 is 1.79 bits per heavy atom. The first kappa shape index (κ1) is 16.0. The molecular formula is C18H17N3O2S. The van der Waals surface area contributed by atoms with Crippen molar-refractivity contribution < 1.29 is 9.53 Å². The highest BCUT2D eigenvalue weighted by Crippen LogP contribution is 2.24. The third kappa shape index (κ3) is 3.91. The van der Waals surface area contributed by atoms with Gasteiger partial charge in [0.1, 0.15) is 17.2 Å². The molecule has 0 spiro atoms. The fourth-order valence-electron chi connectivity index (χ4n) is 2.18. The molecule has 2 N–H and O–H groups in total. The number of anilines is 1. The Morgan fingerprint density at radius 3 is 2.42 bits per heavy atom. The molecule has 0 aliphatic heterocycles. The number of rotatable bonds is 6. The fraction of sp³-hybridized carbons (Fsp3) is 0.111. The third-order valence-electron chi connectivity index (χ3n) is 3.39. The summed E-state index contributed by atoms with van der Waals surface area (Å²) in [6.45, 7) is 0.678. The molecule has 0 radical (unpaired) electrons. The van der Waals surface area contributed by atoms with Gasteiger partial charge in [-0.15, -0.1) is 11.3 Å². The number of hydrogen-bond donors (Lipinski definition) is 1. The maximum Gasteiger partial charge on any atom is 0.268 e. The lowest BCUT2D eigenvalue weighted by Crippen LogP contribution is -2.17. The molecule has 1 aromatic heterocycles. The summed E-state index contributed by atoms with van der Waals surface area (Å²) in [4.78, 5) is 17.3. The Balaban J connectivity index is 1.64. The average Bonchev–Trinajstić information content (AvgIpc) is 3.08. The maximum absolute atomic E-state index is 11.1. The quantitative estimate of drug-likeness (QED) is 0.744. The van der Waals surface area contributed by atoms with Crippen LogP contribution in [0.15, 0.2) is 60.0 Å². The second-order valence-electron chi connectivity index (χ2n) is 5.29. The van der Waals surface area contributed by atoms with Gasteiger partial charge < -0.3 is 15.4 Å². The van der Waals surface area contributed by atoms with E-state index in [1.807, 2.05) is 66.5 Å². The van der Waals surface area contributed by atoms with Crippen LogP contribution in [0.3, 0.4) is 0 Å². The first-order chi connectivity index (χ1) is 11.6. The standard InChI is InChI=1S/C18H17N3O2S/c1-21(18-20-16(12-24-18)17(19)22)11-13-7-9-15(10-8-13)23-14-5-3-2-4-6-14/h2-10,12H,11H2,1H3,(H2,19,22). The molecule has 1 heterocycles. The second kappa shape index (κ2) is 7.14. The summed E-state index contributed by atoms with van der Waals surface area (Å²) in [6, 6.07) is 17.6. The van der Waals surface area contributed by atoms with Gasteiger partial charge in [-0.25, -0.2) is 4.98 Å². The Bertz CT molecular complexity index is 816. The number of amides is 1. The van der Waals surface area contributed by atoms with Crippen LogP contribution in [0.25, 0.3) is 0 Å². The van der Waals surface area contributed by atoms with Crippen LogP contribution in [0.2, 0.25) is 0 Å². The number of carbonyl (C=O) groups is 1. The molecule has 6 heteroatoms. The number of primary amides is 1. The van der Waals surface area contributed by atoms with Crippen LogP contribution in [0.4, 0.5) is 5.13 Å². The summed E-state index contributed by atoms with van der Waals surface area (Å²) in [6.07, 6.45) is 0. The average molecular weight is 339 g/mol. The summed E-state index contributed by atoms with van der Waals surface area (Å²) < 4.78 is 5.78. The first-order valence-corrected chi connectivity index (χ1v) is 8.28. The smallest absolute Gasteiger partial charge is 0.268 e. The zero-order valence-electron chi connectivity index (χ0n) is 13.2. The van der Waals surface area contributed by atoms with Crippen molar-refractivity contribution in [2.75, 3.05) is 11.9 Å². The van der Waals surface area contributed by atoms with Crippen LogP contribution >= 0.6 is 11.3 Å². The lowest BCUT2D eigenvalue weighted by atomic mass is 10.2. The Hall–Kier alpha value is -2.86. The van der Waals surface area contributed by atoms with Crippen molar-refractivity contribution in [1.29, 1.82) is 0 Å². The Morgan fingerprint density at radius 1 is 1.12 bits per heavy atom. The van der Waals surface area contributed by atoms with E-state index in [0.29, 0.717) is 12.2 Å². The van der Waals surface area contributed by atoms with Gasteiger partial charge in [-0.3, -0.25) is 4.79 Å². The summed E-state index contributed by atoms with van der Waals surface area (Å²) >= 11 is 1.40. The molecule has 0 unspecified atom stereocenters. The van der Waals surface area contributed by atoms with Gasteiger partial charge in [0.25, 0.3) is 5.91 Å². The number of carbonyl (C=O) groups excluding carboxylic acids is 1. The molecule has 3 rings (SSSR count). The minimum Gasteiger partial charge on any atom is -0.457 e. The van der Waals surface area contributed by atoms with Crippen molar-refractivity contribution in [2.24, 2.45) is 5.73 Å². The van der Waals surface area contributed by atoms with Crippen molar-refractivity contribution in [3.8, 4) is 11.5 Å². The normalized spacial score (nSPS) is 10.4. The van der Waals surface area contributed by atoms with Crippen LogP contribution in [0.1, 0.15) is 16.1 Å². The van der Waals surface area contributed by atoms with Gasteiger partial charge in [0, 0.05) is 19.0 Å². The van der Waals surface area contributed by atoms with E-state index in [-0.39, 0.29) is 0 Å². The monoisotopic (exact) mass is 339 g/mol. The van der Waals surface area contributed by atoms with E-state index in [0.717, 1.165) is 22.2 Å². The highest BCUT2D eigenvalue weighted by molar-refractivity contribution is 7.13. The minimum absolute atomic E-state index is 0.299. The molecule has 0 saturated heterocycles. The number of nitrogens with two attached hydrogens (primary N) is 1. The van der Waals surface area contributed by atoms with Crippen LogP contribution in [-0.2, 0) is 6.54 Å². The molecule has 1 amide bonds. The van der Waals surface area contributed by atoms with E-state index in [9.17, 15) is 4.79 Å². The predicted octanol–water partition coefficient (Wildman–Crippen LogP) is 3.67. The van der Waals surface area contributed by atoms with Crippen LogP contribution in [-0.4, -0.2) is 17.9 Å². The van der Waals surface area contributed by atoms with E-state index >= 15 is 0 Å². The maximum atomic E-state index is 11.1. The number of nitrogens with zero attached hydrogens (tertiary/aromatic N) is 2. The molecule has 122 valence electrons. The molecule has 0 atom stereocenters. The molecule has 0 saturated carbocycles. The fourth-order valence-corrected chi connectivity index (χ4v) is 2.96. The zero-order chi connectivity index (χ0) is 16.9. The summed E-state index contributed by atoms with van der Waals surface area (Å²) in [5.41, 5.74) is 6.65. The van der Waals surface area contributed by atoms with Gasteiger partial charge in [0.15, 0.2) is 5.13 Å². The molecule has 2 aromatic carbocycles. The number of thiazole rings is 1. The van der Waals surface area contributed by atoms with Gasteiger partial charge in [-0.05, 0) is 29.8 Å². The SMILES string of the molecule is CN(Cc1ccc(Oc2ccccc2)cc1)c1nc(C(N)=O)cs1. The highest BCUT2D eigenvalue weighted by atomic mass is 32.1. The van der Waals surface area contributed by atoms with E-state index in [1.165, 1.54) is 11.3 Å². The number of hydrogen-bond acceptors (Lipinski definition) is 5. The largest absolute Gasteiger partial charge is 0.457 e. The van der Waals surface area contributed by atoms with Gasteiger partial charge in [-0.2, -0.15) is 0 Å². The van der Waals surface area contributed by atoms with E-state index in [4.69, 9.17) is 10.5 Å². The van der Waals surface area contributed by atoms with Crippen LogP contribution < -0.4 is 15.4 Å². The van der Waals surface area contributed by atoms with Crippen molar-refractivity contribution in [2.45, 2.75) is 6.54 Å². The molecule has 24 heavy (non-hydrogen) atoms. The molecule has 5 nitrogen and oxygen atoms in total. The third-order valence-corrected chi connectivity index (χ3v) is 4.35. The Labute approximate surface area is 144 Å². The van der Waals surface area contributed by atoms with Crippen LogP contribution in [0.5, 0.6) is 11.5 Å². The van der Waals surface area contributed by atoms with Crippen LogP contribution in [0, 0.1) is 0 Å². The van der Waals surface area contributed by atoms with Crippen molar-refractivity contribution in [1.82, 2.24) is 4.98 Å². The number of ether oxygens (including phenoxy) is 1. The minimum atomic E-state index is -0.506. The number of para-hydroxylation sites is 1. The molecule has 0 aliphatic rings. The highest BCUT2D eigenvalue weighted by Gasteiger charge is 2.10. The van der Waals surface area contributed by atoms with Gasteiger partial charge in [0.05, 0.1) is 0 Å². The summed E-state index contributed by atoms with van der Waals surface area (Å²) in [5.74, 6) is 1.09. The van der Waals surface area contributed by atoms with Crippen molar-refractivity contribution in [3.05, 3.63) is 71.2 Å². The Kier molecular flexibility index (Phi) is 4.77. The molecule has 3 aromatic rings. The van der Waals surface area contributed by atoms with E-state index in [1.54, 1.807) is 5.38 Å². The number of aromatic nitrogens is 1. The lowest BCUT2D eigenvalue weighted by Gasteiger charge is -2.16. The summed E-state index contributed by atoms with van der Waals surface area (Å²) in [5, 5.41) is 2.43. The van der Waals surface area contributed by atoms with Crippen molar-refractivity contribution >= 4 is 22.4 Å². The second-order valence-corrected chi connectivity index (χ2v) is 6.13. The first-order valence-electron chi connectivity index (χ1n) is 7.40. The lowest BCUT2D eigenvalue weighted by molar-refractivity contribution is 0.0996. The molecule has 0 fully saturated rings. The topological polar surface area (TPSA) is 68.4 Å². The van der Waals surface area contributed by atoms with Gasteiger partial charge in [0.2, 0.25) is 0 Å². The summed E-state index contributed by atoms with van der Waals surface area (Å²) in [7, 11) is 1.93. The molecule has 0 bridgehead atoms. The van der Waals surface area contributed by atoms with E-state index in [2.05, 4.69) is 4.98 Å². The van der Waals surface area contributed by atoms with E-state index < -0.39 is 5.91 Å². The molecular weight excluding hydrogens is 322 g/mol. The predicted molar refractivity (Wildman–Crippen MR) is 95.7 cm³/mol. The number of benzene rings is 2. The van der Waals surface area contributed by atoms with Gasteiger partial charge >= 0.3 is 0 Å².